The van der Waals surface area contributed by atoms with Crippen LogP contribution >= 0.6 is 0 Å². The fourth-order valence-corrected chi connectivity index (χ4v) is 6.18. The fourth-order valence-electron chi connectivity index (χ4n) is 6.18. The van der Waals surface area contributed by atoms with Gasteiger partial charge < -0.3 is 15.3 Å². The second-order valence-corrected chi connectivity index (χ2v) is 10.4. The minimum atomic E-state index is -0.619. The van der Waals surface area contributed by atoms with Gasteiger partial charge in [-0.05, 0) is 54.7 Å². The van der Waals surface area contributed by atoms with Crippen LogP contribution in [0, 0.1) is 17.7 Å². The first-order valence-electron chi connectivity index (χ1n) is 13.0. The lowest BCUT2D eigenvalue weighted by molar-refractivity contribution is -0.168. The number of nitrogens with one attached hydrogen (secondary N) is 1. The Morgan fingerprint density at radius 3 is 2.35 bits per heavy atom. The molecule has 2 aromatic rings. The smallest absolute Gasteiger partial charge is 0.332 e. The van der Waals surface area contributed by atoms with Crippen LogP contribution < -0.4 is 5.32 Å². The number of benzene rings is 2. The van der Waals surface area contributed by atoms with Crippen LogP contribution in [0.1, 0.15) is 36.8 Å². The number of carbonyl (C=O) groups is 3. The van der Waals surface area contributed by atoms with Gasteiger partial charge in [-0.15, -0.1) is 0 Å². The number of likely N-dealkylation sites (N-methyl/N-ethyl adjacent to an activating group) is 1. The molecule has 3 amide bonds. The average molecular weight is 509 g/mol. The van der Waals surface area contributed by atoms with Crippen molar-refractivity contribution in [2.45, 2.75) is 50.7 Å². The molecule has 2 aliphatic heterocycles. The van der Waals surface area contributed by atoms with E-state index < -0.39 is 17.9 Å². The molecule has 1 unspecified atom stereocenters. The van der Waals surface area contributed by atoms with Crippen LogP contribution in [0.15, 0.2) is 48.5 Å². The van der Waals surface area contributed by atoms with Gasteiger partial charge in [0.05, 0.1) is 24.4 Å². The molecule has 3 fully saturated rings. The van der Waals surface area contributed by atoms with E-state index in [1.807, 2.05) is 4.90 Å². The predicted octanol–water partition coefficient (Wildman–Crippen LogP) is 3.10. The van der Waals surface area contributed by atoms with Crippen LogP contribution in [0.5, 0.6) is 5.75 Å². The number of nitrogens with zero attached hydrogens (tertiary/aromatic N) is 3. The number of hydrazine groups is 1. The molecule has 9 heteroatoms. The maximum atomic E-state index is 13.8. The zero-order valence-corrected chi connectivity index (χ0v) is 21.0. The number of halogens is 1. The van der Waals surface area contributed by atoms with Crippen molar-refractivity contribution in [3.05, 3.63) is 65.5 Å². The Hall–Kier alpha value is -3.46. The second kappa shape index (κ2) is 10.5. The summed E-state index contributed by atoms with van der Waals surface area (Å²) in [6.07, 6.45) is 4.34. The first kappa shape index (κ1) is 25.2. The number of piperidine rings is 1. The van der Waals surface area contributed by atoms with Crippen molar-refractivity contribution in [1.82, 2.24) is 20.2 Å². The first-order chi connectivity index (χ1) is 17.8. The SMILES string of the molecule is CN1CC(=O)C2[C@@H](Cc3ccc(O)cc3)C(=O)N(C3CCCC3)C[C@@H]2N1C(=O)NCc1ccc(F)cc1. The van der Waals surface area contributed by atoms with E-state index in [-0.39, 0.29) is 48.4 Å². The zero-order valence-electron chi connectivity index (χ0n) is 21.0. The fraction of sp³-hybridized carbons (Fsp3) is 0.464. The summed E-state index contributed by atoms with van der Waals surface area (Å²) in [7, 11) is 1.72. The number of phenols is 1. The van der Waals surface area contributed by atoms with Crippen LogP contribution in [0.4, 0.5) is 9.18 Å². The normalized spacial score (nSPS) is 24.9. The van der Waals surface area contributed by atoms with Gasteiger partial charge in [-0.3, -0.25) is 14.6 Å². The number of hydrogen-bond acceptors (Lipinski definition) is 5. The number of ketones is 1. The van der Waals surface area contributed by atoms with Crippen molar-refractivity contribution in [2.75, 3.05) is 20.1 Å². The Labute approximate surface area is 216 Å². The topological polar surface area (TPSA) is 93.2 Å². The Bertz CT molecular complexity index is 1150. The lowest BCUT2D eigenvalue weighted by Gasteiger charge is -2.53. The van der Waals surface area contributed by atoms with Gasteiger partial charge in [0.25, 0.3) is 0 Å². The summed E-state index contributed by atoms with van der Waals surface area (Å²) in [5, 5.41) is 15.9. The summed E-state index contributed by atoms with van der Waals surface area (Å²) in [4.78, 5) is 42.6. The number of likely N-dealkylation sites (tertiary alicyclic amines) is 1. The van der Waals surface area contributed by atoms with E-state index in [4.69, 9.17) is 0 Å². The second-order valence-electron chi connectivity index (χ2n) is 10.4. The van der Waals surface area contributed by atoms with E-state index in [2.05, 4.69) is 5.32 Å². The number of aromatic hydroxyl groups is 1. The van der Waals surface area contributed by atoms with Crippen LogP contribution in [0.3, 0.4) is 0 Å². The van der Waals surface area contributed by atoms with Crippen molar-refractivity contribution in [1.29, 1.82) is 0 Å². The highest BCUT2D eigenvalue weighted by molar-refractivity contribution is 5.93. The summed E-state index contributed by atoms with van der Waals surface area (Å²) >= 11 is 0. The monoisotopic (exact) mass is 508 g/mol. The van der Waals surface area contributed by atoms with Gasteiger partial charge in [0.15, 0.2) is 5.78 Å². The highest BCUT2D eigenvalue weighted by atomic mass is 19.1. The molecular weight excluding hydrogens is 475 g/mol. The molecule has 5 rings (SSSR count). The van der Waals surface area contributed by atoms with E-state index in [9.17, 15) is 23.9 Å². The Balaban J connectivity index is 1.43. The van der Waals surface area contributed by atoms with E-state index in [0.717, 1.165) is 36.8 Å². The Morgan fingerprint density at radius 2 is 1.68 bits per heavy atom. The molecule has 1 saturated carbocycles. The number of rotatable bonds is 5. The van der Waals surface area contributed by atoms with Gasteiger partial charge in [-0.2, -0.15) is 0 Å². The van der Waals surface area contributed by atoms with Gasteiger partial charge in [0.1, 0.15) is 11.6 Å². The molecule has 0 radical (unpaired) electrons. The number of Topliss-reactive ketones (excluding diaryl/α,β-unsaturated/α-hetero) is 1. The van der Waals surface area contributed by atoms with Gasteiger partial charge in [0.2, 0.25) is 5.91 Å². The number of hydrogen-bond donors (Lipinski definition) is 2. The number of carbonyl (C=O) groups excluding carboxylic acids is 3. The van der Waals surface area contributed by atoms with Crippen LogP contribution in [-0.4, -0.2) is 70.0 Å². The van der Waals surface area contributed by atoms with Crippen molar-refractivity contribution in [3.63, 3.8) is 0 Å². The third-order valence-electron chi connectivity index (χ3n) is 7.99. The molecule has 0 spiro atoms. The van der Waals surface area contributed by atoms with Crippen LogP contribution in [-0.2, 0) is 22.6 Å². The third kappa shape index (κ3) is 5.18. The molecule has 0 aromatic heterocycles. The van der Waals surface area contributed by atoms with Crippen molar-refractivity contribution in [2.24, 2.45) is 11.8 Å². The van der Waals surface area contributed by atoms with Crippen LogP contribution in [0.25, 0.3) is 0 Å². The average Bonchev–Trinajstić information content (AvgIpc) is 3.41. The van der Waals surface area contributed by atoms with Crippen molar-refractivity contribution < 1.29 is 23.9 Å². The third-order valence-corrected chi connectivity index (χ3v) is 7.99. The maximum absolute atomic E-state index is 13.8. The van der Waals surface area contributed by atoms with Crippen molar-refractivity contribution >= 4 is 17.7 Å². The number of fused-ring (bicyclic) bond motifs is 1. The summed E-state index contributed by atoms with van der Waals surface area (Å²) in [5.41, 5.74) is 1.63. The van der Waals surface area contributed by atoms with Gasteiger partial charge in [0, 0.05) is 26.2 Å². The molecule has 1 aliphatic carbocycles. The van der Waals surface area contributed by atoms with E-state index in [0.29, 0.717) is 13.0 Å². The largest absolute Gasteiger partial charge is 0.508 e. The number of amides is 3. The lowest BCUT2D eigenvalue weighted by Crippen LogP contribution is -2.71. The maximum Gasteiger partial charge on any atom is 0.332 e. The zero-order chi connectivity index (χ0) is 26.1. The lowest BCUT2D eigenvalue weighted by atomic mass is 9.73. The van der Waals surface area contributed by atoms with E-state index >= 15 is 0 Å². The molecule has 37 heavy (non-hydrogen) atoms. The number of phenolic OH excluding ortho intramolecular Hbond substituents is 1. The first-order valence-corrected chi connectivity index (χ1v) is 13.0. The quantitative estimate of drug-likeness (QED) is 0.648. The Morgan fingerprint density at radius 1 is 1.03 bits per heavy atom. The summed E-state index contributed by atoms with van der Waals surface area (Å²) < 4.78 is 13.3. The molecule has 3 atom stereocenters. The van der Waals surface area contributed by atoms with Gasteiger partial charge in [-0.1, -0.05) is 37.1 Å². The highest BCUT2D eigenvalue weighted by Crippen LogP contribution is 2.38. The molecule has 0 bridgehead atoms. The minimum Gasteiger partial charge on any atom is -0.508 e. The molecule has 2 aromatic carbocycles. The van der Waals surface area contributed by atoms with Gasteiger partial charge >= 0.3 is 6.03 Å². The number of urea groups is 1. The molecule has 2 N–H and O–H groups in total. The Kier molecular flexibility index (Phi) is 7.15. The molecule has 196 valence electrons. The van der Waals surface area contributed by atoms with Crippen molar-refractivity contribution in [3.8, 4) is 5.75 Å². The molecule has 8 nitrogen and oxygen atoms in total. The molecule has 2 heterocycles. The summed E-state index contributed by atoms with van der Waals surface area (Å²) in [6, 6.07) is 11.9. The highest BCUT2D eigenvalue weighted by Gasteiger charge is 2.54. The van der Waals surface area contributed by atoms with Gasteiger partial charge in [-0.25, -0.2) is 14.2 Å². The summed E-state index contributed by atoms with van der Waals surface area (Å²) in [5.74, 6) is -1.47. The van der Waals surface area contributed by atoms with E-state index in [1.165, 1.54) is 12.1 Å². The van der Waals surface area contributed by atoms with E-state index in [1.54, 1.807) is 53.5 Å². The van der Waals surface area contributed by atoms with Crippen LogP contribution in [0.2, 0.25) is 0 Å². The molecule has 2 saturated heterocycles. The molecule has 3 aliphatic rings. The standard InChI is InChI=1S/C28H33FN4O4/c1-31-17-25(35)26-23(14-18-8-12-22(34)13-9-18)27(36)32(21-4-2-3-5-21)16-24(26)33(31)28(37)30-15-19-6-10-20(29)11-7-19/h6-13,21,23-24,26,34H,2-5,14-17H2,1H3,(H,30,37)/t23-,24+,26?/m1/s1. The summed E-state index contributed by atoms with van der Waals surface area (Å²) in [6.45, 7) is 0.575. The predicted molar refractivity (Wildman–Crippen MR) is 135 cm³/mol. The molecular formula is C28H33FN4O4. The minimum absolute atomic E-state index is 0.0224.